The Bertz CT molecular complexity index is 1200. The van der Waals surface area contributed by atoms with E-state index in [1.807, 2.05) is 0 Å². The second-order valence-corrected chi connectivity index (χ2v) is 10.0. The van der Waals surface area contributed by atoms with E-state index in [2.05, 4.69) is 30.9 Å². The number of carbonyl (C=O) groups is 4. The number of hydrogen-bond donors (Lipinski definition) is 10. The normalized spacial score (nSPS) is 13.6. The van der Waals surface area contributed by atoms with Gasteiger partial charge in [0.05, 0.1) is 12.4 Å². The average molecular weight is 603 g/mol. The molecule has 0 bridgehead atoms. The van der Waals surface area contributed by atoms with E-state index < -0.39 is 47.9 Å². The smallest absolute Gasteiger partial charge is 0.326 e. The Morgan fingerprint density at radius 1 is 0.884 bits per heavy atom. The van der Waals surface area contributed by atoms with Crippen molar-refractivity contribution < 1.29 is 29.4 Å². The maximum absolute atomic E-state index is 13.6. The zero-order valence-electron chi connectivity index (χ0n) is 23.9. The van der Waals surface area contributed by atoms with Gasteiger partial charge in [-0.15, -0.1) is 0 Å². The number of hydrogen-bond acceptors (Lipinski definition) is 9. The maximum atomic E-state index is 13.6. The molecule has 1 aromatic heterocycles. The number of carbonyl (C=O) groups excluding carboxylic acids is 3. The van der Waals surface area contributed by atoms with Gasteiger partial charge in [0.25, 0.3) is 0 Å². The van der Waals surface area contributed by atoms with Crippen LogP contribution >= 0.6 is 0 Å². The van der Waals surface area contributed by atoms with Crippen LogP contribution in [0.2, 0.25) is 0 Å². The molecule has 0 radical (unpaired) electrons. The predicted octanol–water partition coefficient (Wildman–Crippen LogP) is -2.05. The number of nitrogens with two attached hydrogens (primary N) is 4. The summed E-state index contributed by atoms with van der Waals surface area (Å²) in [7, 11) is 0. The van der Waals surface area contributed by atoms with E-state index in [4.69, 9.17) is 22.9 Å². The van der Waals surface area contributed by atoms with Crippen LogP contribution in [0.5, 0.6) is 5.75 Å². The summed E-state index contributed by atoms with van der Waals surface area (Å²) >= 11 is 0. The Balaban J connectivity index is 2.23. The van der Waals surface area contributed by atoms with Crippen molar-refractivity contribution in [1.29, 1.82) is 0 Å². The number of aromatic nitrogens is 2. The number of phenols is 1. The van der Waals surface area contributed by atoms with Crippen LogP contribution in [-0.4, -0.2) is 87.1 Å². The highest BCUT2D eigenvalue weighted by molar-refractivity contribution is 5.94. The molecule has 3 amide bonds. The molecule has 0 aliphatic carbocycles. The highest BCUT2D eigenvalue weighted by Crippen LogP contribution is 2.12. The lowest BCUT2D eigenvalue weighted by Gasteiger charge is -2.25. The molecule has 0 aliphatic rings. The molecule has 16 heteroatoms. The second-order valence-electron chi connectivity index (χ2n) is 10.0. The molecule has 0 saturated carbocycles. The molecule has 2 aromatic rings. The quantitative estimate of drug-likeness (QED) is 0.0474. The van der Waals surface area contributed by atoms with Crippen LogP contribution in [0.1, 0.15) is 43.4 Å². The molecular weight excluding hydrogens is 560 g/mol. The molecule has 4 unspecified atom stereocenters. The van der Waals surface area contributed by atoms with Crippen LogP contribution in [-0.2, 0) is 32.0 Å². The number of unbranched alkanes of at least 4 members (excludes halogenated alkanes) is 1. The predicted molar refractivity (Wildman–Crippen MR) is 158 cm³/mol. The third-order valence-corrected chi connectivity index (χ3v) is 6.49. The summed E-state index contributed by atoms with van der Waals surface area (Å²) in [6.45, 7) is 0.654. The monoisotopic (exact) mass is 602 g/mol. The van der Waals surface area contributed by atoms with Crippen molar-refractivity contribution in [3.63, 3.8) is 0 Å². The Morgan fingerprint density at radius 3 is 2.09 bits per heavy atom. The highest BCUT2D eigenvalue weighted by Gasteiger charge is 2.31. The number of aliphatic carboxylic acids is 1. The van der Waals surface area contributed by atoms with Gasteiger partial charge in [0, 0.05) is 31.3 Å². The number of nitrogens with zero attached hydrogens (tertiary/aromatic N) is 2. The Morgan fingerprint density at radius 2 is 1.51 bits per heavy atom. The second kappa shape index (κ2) is 18.0. The topological polar surface area (TPSA) is 290 Å². The van der Waals surface area contributed by atoms with Crippen LogP contribution < -0.4 is 38.9 Å². The summed E-state index contributed by atoms with van der Waals surface area (Å²) in [6.07, 6.45) is 4.74. The molecule has 2 rings (SSSR count). The minimum absolute atomic E-state index is 0.00775. The van der Waals surface area contributed by atoms with E-state index in [-0.39, 0.29) is 43.9 Å². The fourth-order valence-electron chi connectivity index (χ4n) is 4.13. The average Bonchev–Trinajstić information content (AvgIpc) is 3.48. The summed E-state index contributed by atoms with van der Waals surface area (Å²) in [5.74, 6) is -3.32. The van der Waals surface area contributed by atoms with Crippen LogP contribution in [0, 0.1) is 0 Å². The number of benzene rings is 1. The third kappa shape index (κ3) is 12.8. The van der Waals surface area contributed by atoms with Crippen LogP contribution in [0.25, 0.3) is 0 Å². The Labute approximate surface area is 249 Å². The molecule has 0 spiro atoms. The molecule has 16 nitrogen and oxygen atoms in total. The van der Waals surface area contributed by atoms with E-state index in [0.29, 0.717) is 37.1 Å². The minimum atomic E-state index is -1.22. The van der Waals surface area contributed by atoms with Gasteiger partial charge in [0.15, 0.2) is 5.96 Å². The zero-order valence-corrected chi connectivity index (χ0v) is 23.9. The van der Waals surface area contributed by atoms with Gasteiger partial charge >= 0.3 is 5.97 Å². The van der Waals surface area contributed by atoms with Gasteiger partial charge < -0.3 is 54.1 Å². The summed E-state index contributed by atoms with van der Waals surface area (Å²) < 4.78 is 0. The number of imidazole rings is 1. The fraction of sp³-hybridized carbons (Fsp3) is 0.481. The lowest BCUT2D eigenvalue weighted by molar-refractivity contribution is -0.142. The number of H-pyrrole nitrogens is 1. The fourth-order valence-corrected chi connectivity index (χ4v) is 4.13. The van der Waals surface area contributed by atoms with Gasteiger partial charge in [0.1, 0.15) is 23.9 Å². The van der Waals surface area contributed by atoms with Crippen LogP contribution in [0.15, 0.2) is 41.8 Å². The van der Waals surface area contributed by atoms with Crippen LogP contribution in [0.3, 0.4) is 0 Å². The standard InChI is InChI=1S/C27H42N10O6/c28-10-2-1-5-20(26(42)43)35-25(41)22(13-17-14-32-15-34-17)37-24(40)21(12-16-6-8-18(38)9-7-16)36-23(39)19(29)4-3-11-33-27(30)31/h6-9,14-15,19-22,38H,1-5,10-13,28-29H2,(H,32,34)(H,35,41)(H,36,39)(H,37,40)(H,42,43)(H4,30,31,33). The van der Waals surface area contributed by atoms with Crippen molar-refractivity contribution in [2.24, 2.45) is 27.9 Å². The molecule has 43 heavy (non-hydrogen) atoms. The number of phenolic OH excluding ortho intramolecular Hbond substituents is 1. The first-order valence-corrected chi connectivity index (χ1v) is 13.9. The van der Waals surface area contributed by atoms with Crippen molar-refractivity contribution in [3.8, 4) is 5.75 Å². The summed E-state index contributed by atoms with van der Waals surface area (Å²) in [6, 6.07) is 1.51. The molecule has 1 aromatic carbocycles. The van der Waals surface area contributed by atoms with Gasteiger partial charge in [-0.25, -0.2) is 9.78 Å². The number of amides is 3. The molecule has 236 valence electrons. The third-order valence-electron chi connectivity index (χ3n) is 6.49. The highest BCUT2D eigenvalue weighted by atomic mass is 16.4. The van der Waals surface area contributed by atoms with Crippen molar-refractivity contribution in [2.45, 2.75) is 69.1 Å². The van der Waals surface area contributed by atoms with Gasteiger partial charge in [0.2, 0.25) is 17.7 Å². The molecule has 0 saturated heterocycles. The molecule has 0 aliphatic heterocycles. The molecule has 4 atom stereocenters. The first-order chi connectivity index (χ1) is 20.5. The lowest BCUT2D eigenvalue weighted by Crippen LogP contribution is -2.58. The minimum Gasteiger partial charge on any atom is -0.508 e. The SMILES string of the molecule is NCCCCC(NC(=O)C(Cc1cnc[nH]1)NC(=O)C(Cc1ccc(O)cc1)NC(=O)C(N)CCCN=C(N)N)C(=O)O. The van der Waals surface area contributed by atoms with Gasteiger partial charge in [-0.3, -0.25) is 19.4 Å². The zero-order chi connectivity index (χ0) is 31.8. The molecule has 0 fully saturated rings. The van der Waals surface area contributed by atoms with E-state index in [1.54, 1.807) is 12.1 Å². The molecule has 1 heterocycles. The number of carboxylic acids is 1. The lowest BCUT2D eigenvalue weighted by atomic mass is 10.0. The molecule has 14 N–H and O–H groups in total. The van der Waals surface area contributed by atoms with Crippen molar-refractivity contribution in [1.82, 2.24) is 25.9 Å². The largest absolute Gasteiger partial charge is 0.508 e. The number of aliphatic imine (C=N–C) groups is 1. The number of rotatable bonds is 19. The van der Waals surface area contributed by atoms with E-state index in [1.165, 1.54) is 24.7 Å². The van der Waals surface area contributed by atoms with Crippen molar-refractivity contribution >= 4 is 29.7 Å². The van der Waals surface area contributed by atoms with Gasteiger partial charge in [-0.2, -0.15) is 0 Å². The number of carboxylic acid groups (broad SMARTS) is 1. The summed E-state index contributed by atoms with van der Waals surface area (Å²) in [5, 5.41) is 27.1. The number of guanidine groups is 1. The number of nitrogens with one attached hydrogen (secondary N) is 4. The first-order valence-electron chi connectivity index (χ1n) is 13.9. The van der Waals surface area contributed by atoms with E-state index in [9.17, 15) is 29.4 Å². The van der Waals surface area contributed by atoms with Crippen molar-refractivity contribution in [3.05, 3.63) is 48.0 Å². The Kier molecular flexibility index (Phi) is 14.4. The van der Waals surface area contributed by atoms with Gasteiger partial charge in [-0.1, -0.05) is 12.1 Å². The Hall–Kier alpha value is -4.70. The van der Waals surface area contributed by atoms with Gasteiger partial charge in [-0.05, 0) is 56.3 Å². The number of aromatic amines is 1. The van der Waals surface area contributed by atoms with E-state index >= 15 is 0 Å². The summed E-state index contributed by atoms with van der Waals surface area (Å²) in [4.78, 5) is 62.2. The maximum Gasteiger partial charge on any atom is 0.326 e. The molecular formula is C27H42N10O6. The van der Waals surface area contributed by atoms with Crippen LogP contribution in [0.4, 0.5) is 0 Å². The van der Waals surface area contributed by atoms with E-state index in [0.717, 1.165) is 0 Å². The first kappa shape index (κ1) is 34.5. The summed E-state index contributed by atoms with van der Waals surface area (Å²) in [5.41, 5.74) is 23.3. The van der Waals surface area contributed by atoms with Crippen molar-refractivity contribution in [2.75, 3.05) is 13.1 Å². The number of aromatic hydroxyl groups is 1.